The normalized spacial score (nSPS) is 12.2. The lowest BCUT2D eigenvalue weighted by Crippen LogP contribution is -2.39. The van der Waals surface area contributed by atoms with E-state index >= 15 is 0 Å². The van der Waals surface area contributed by atoms with Gasteiger partial charge in [0.1, 0.15) is 5.75 Å². The molecule has 0 heterocycles. The lowest BCUT2D eigenvalue weighted by Gasteiger charge is -2.15. The van der Waals surface area contributed by atoms with Gasteiger partial charge in [-0.15, -0.1) is 0 Å². The quantitative estimate of drug-likeness (QED) is 0.715. The summed E-state index contributed by atoms with van der Waals surface area (Å²) in [6.45, 7) is 4.21. The number of carbonyl (C=O) groups excluding carboxylic acids is 1. The number of rotatable bonds is 4. The number of aromatic hydroxyl groups is 1. The zero-order valence-corrected chi connectivity index (χ0v) is 9.66. The van der Waals surface area contributed by atoms with Crippen LogP contribution in [-0.4, -0.2) is 23.6 Å². The van der Waals surface area contributed by atoms with Gasteiger partial charge in [0.15, 0.2) is 0 Å². The van der Waals surface area contributed by atoms with Crippen molar-refractivity contribution in [3.05, 3.63) is 29.3 Å². The summed E-state index contributed by atoms with van der Waals surface area (Å²) in [4.78, 5) is 11.8. The van der Waals surface area contributed by atoms with Crippen LogP contribution in [0.2, 0.25) is 0 Å². The Hall–Kier alpha value is -1.55. The van der Waals surface area contributed by atoms with Gasteiger partial charge in [0.05, 0.1) is 5.56 Å². The first-order valence-corrected chi connectivity index (χ1v) is 5.39. The highest BCUT2D eigenvalue weighted by atomic mass is 16.3. The summed E-state index contributed by atoms with van der Waals surface area (Å²) >= 11 is 0. The van der Waals surface area contributed by atoms with E-state index in [2.05, 4.69) is 5.32 Å². The van der Waals surface area contributed by atoms with E-state index in [1.807, 2.05) is 13.8 Å². The summed E-state index contributed by atoms with van der Waals surface area (Å²) in [6, 6.07) is 4.92. The molecule has 1 atom stereocenters. The molecule has 0 radical (unpaired) electrons. The number of hydrogen-bond donors (Lipinski definition) is 3. The van der Waals surface area contributed by atoms with Crippen molar-refractivity contribution in [1.82, 2.24) is 5.32 Å². The molecule has 1 rings (SSSR count). The van der Waals surface area contributed by atoms with E-state index in [-0.39, 0.29) is 23.3 Å². The fraction of sp³-hybridized carbons (Fsp3) is 0.417. The summed E-state index contributed by atoms with van der Waals surface area (Å²) in [7, 11) is 0. The molecule has 1 amide bonds. The molecule has 1 aromatic rings. The summed E-state index contributed by atoms with van der Waals surface area (Å²) in [6.07, 6.45) is 0.773. The zero-order valence-electron chi connectivity index (χ0n) is 9.66. The van der Waals surface area contributed by atoms with E-state index in [4.69, 9.17) is 5.73 Å². The lowest BCUT2D eigenvalue weighted by atomic mass is 10.1. The van der Waals surface area contributed by atoms with E-state index < -0.39 is 0 Å². The molecular formula is C12H18N2O2. The van der Waals surface area contributed by atoms with Gasteiger partial charge >= 0.3 is 0 Å². The van der Waals surface area contributed by atoms with E-state index in [9.17, 15) is 9.90 Å². The first-order chi connectivity index (χ1) is 7.58. The van der Waals surface area contributed by atoms with Crippen LogP contribution in [0, 0.1) is 6.92 Å². The third-order valence-corrected chi connectivity index (χ3v) is 2.51. The van der Waals surface area contributed by atoms with Crippen LogP contribution in [0.25, 0.3) is 0 Å². The molecule has 0 fully saturated rings. The van der Waals surface area contributed by atoms with Crippen LogP contribution in [-0.2, 0) is 0 Å². The molecule has 4 nitrogen and oxygen atoms in total. The maximum atomic E-state index is 11.8. The van der Waals surface area contributed by atoms with Crippen molar-refractivity contribution in [2.75, 3.05) is 6.54 Å². The van der Waals surface area contributed by atoms with Crippen molar-refractivity contribution in [3.8, 4) is 5.75 Å². The van der Waals surface area contributed by atoms with Crippen LogP contribution >= 0.6 is 0 Å². The van der Waals surface area contributed by atoms with Crippen LogP contribution in [0.3, 0.4) is 0 Å². The Balaban J connectivity index is 2.80. The molecule has 16 heavy (non-hydrogen) atoms. The molecule has 4 heteroatoms. The van der Waals surface area contributed by atoms with Crippen molar-refractivity contribution >= 4 is 5.91 Å². The summed E-state index contributed by atoms with van der Waals surface area (Å²) < 4.78 is 0. The van der Waals surface area contributed by atoms with Crippen LogP contribution < -0.4 is 11.1 Å². The van der Waals surface area contributed by atoms with Gasteiger partial charge in [-0.3, -0.25) is 4.79 Å². The number of hydrogen-bond acceptors (Lipinski definition) is 3. The monoisotopic (exact) mass is 222 g/mol. The number of benzene rings is 1. The number of nitrogens with two attached hydrogens (primary N) is 1. The highest BCUT2D eigenvalue weighted by Gasteiger charge is 2.14. The minimum absolute atomic E-state index is 0.00405. The Morgan fingerprint density at radius 3 is 2.75 bits per heavy atom. The number of nitrogens with one attached hydrogen (secondary N) is 1. The SMILES string of the molecule is CCC(CN)NC(=O)c1ccc(C)cc1O. The van der Waals surface area contributed by atoms with E-state index in [1.54, 1.807) is 18.2 Å². The first kappa shape index (κ1) is 12.5. The number of carbonyl (C=O) groups is 1. The molecule has 0 aliphatic carbocycles. The highest BCUT2D eigenvalue weighted by molar-refractivity contribution is 5.97. The average molecular weight is 222 g/mol. The predicted octanol–water partition coefficient (Wildman–Crippen LogP) is 1.17. The molecule has 0 saturated carbocycles. The lowest BCUT2D eigenvalue weighted by molar-refractivity contribution is 0.0934. The summed E-state index contributed by atoms with van der Waals surface area (Å²) in [5.41, 5.74) is 6.70. The van der Waals surface area contributed by atoms with Gasteiger partial charge in [0.2, 0.25) is 0 Å². The minimum Gasteiger partial charge on any atom is -0.507 e. The smallest absolute Gasteiger partial charge is 0.255 e. The maximum absolute atomic E-state index is 11.8. The second-order valence-electron chi connectivity index (χ2n) is 3.83. The molecule has 4 N–H and O–H groups in total. The minimum atomic E-state index is -0.283. The van der Waals surface area contributed by atoms with E-state index in [0.717, 1.165) is 12.0 Å². The second kappa shape index (κ2) is 5.51. The largest absolute Gasteiger partial charge is 0.507 e. The Bertz CT molecular complexity index is 373. The van der Waals surface area contributed by atoms with Crippen molar-refractivity contribution in [1.29, 1.82) is 0 Å². The third-order valence-electron chi connectivity index (χ3n) is 2.51. The van der Waals surface area contributed by atoms with Crippen LogP contribution in [0.1, 0.15) is 29.3 Å². The molecular weight excluding hydrogens is 204 g/mol. The maximum Gasteiger partial charge on any atom is 0.255 e. The van der Waals surface area contributed by atoms with Gasteiger partial charge in [0, 0.05) is 12.6 Å². The van der Waals surface area contributed by atoms with Gasteiger partial charge in [-0.05, 0) is 31.0 Å². The standard InChI is InChI=1S/C12H18N2O2/c1-3-9(7-13)14-12(16)10-5-4-8(2)6-11(10)15/h4-6,9,15H,3,7,13H2,1-2H3,(H,14,16). The molecule has 0 bridgehead atoms. The Morgan fingerprint density at radius 2 is 2.25 bits per heavy atom. The van der Waals surface area contributed by atoms with Gasteiger partial charge in [-0.1, -0.05) is 13.0 Å². The number of amides is 1. The Kier molecular flexibility index (Phi) is 4.31. The summed E-state index contributed by atoms with van der Waals surface area (Å²) in [5.74, 6) is -0.279. The highest BCUT2D eigenvalue weighted by Crippen LogP contribution is 2.18. The number of aryl methyl sites for hydroxylation is 1. The molecule has 0 saturated heterocycles. The molecule has 0 aliphatic heterocycles. The van der Waals surface area contributed by atoms with Crippen LogP contribution in [0.15, 0.2) is 18.2 Å². The molecule has 0 aliphatic rings. The van der Waals surface area contributed by atoms with Gasteiger partial charge in [0.25, 0.3) is 5.91 Å². The van der Waals surface area contributed by atoms with Gasteiger partial charge in [-0.25, -0.2) is 0 Å². The zero-order chi connectivity index (χ0) is 12.1. The van der Waals surface area contributed by atoms with E-state index in [0.29, 0.717) is 6.54 Å². The first-order valence-electron chi connectivity index (χ1n) is 5.39. The average Bonchev–Trinajstić information content (AvgIpc) is 2.25. The fourth-order valence-corrected chi connectivity index (χ4v) is 1.42. The third kappa shape index (κ3) is 2.97. The second-order valence-corrected chi connectivity index (χ2v) is 3.83. The fourth-order valence-electron chi connectivity index (χ4n) is 1.42. The molecule has 1 aromatic carbocycles. The predicted molar refractivity (Wildman–Crippen MR) is 63.4 cm³/mol. The number of phenols is 1. The summed E-state index contributed by atoms with van der Waals surface area (Å²) in [5, 5.41) is 12.4. The van der Waals surface area contributed by atoms with Gasteiger partial charge in [-0.2, -0.15) is 0 Å². The molecule has 1 unspecified atom stereocenters. The number of phenolic OH excluding ortho intramolecular Hbond substituents is 1. The Morgan fingerprint density at radius 1 is 1.56 bits per heavy atom. The molecule has 0 spiro atoms. The van der Waals surface area contributed by atoms with E-state index in [1.165, 1.54) is 0 Å². The topological polar surface area (TPSA) is 75.3 Å². The molecule has 88 valence electrons. The van der Waals surface area contributed by atoms with Crippen molar-refractivity contribution < 1.29 is 9.90 Å². The Labute approximate surface area is 95.5 Å². The van der Waals surface area contributed by atoms with Crippen LogP contribution in [0.4, 0.5) is 0 Å². The molecule has 0 aromatic heterocycles. The van der Waals surface area contributed by atoms with Gasteiger partial charge < -0.3 is 16.2 Å². The van der Waals surface area contributed by atoms with Crippen molar-refractivity contribution in [2.45, 2.75) is 26.3 Å². The van der Waals surface area contributed by atoms with Crippen molar-refractivity contribution in [3.63, 3.8) is 0 Å². The van der Waals surface area contributed by atoms with Crippen LogP contribution in [0.5, 0.6) is 5.75 Å². The van der Waals surface area contributed by atoms with Crippen molar-refractivity contribution in [2.24, 2.45) is 5.73 Å².